The minimum absolute atomic E-state index is 0.720. The van der Waals surface area contributed by atoms with Crippen LogP contribution in [0.15, 0.2) is 24.3 Å². The summed E-state index contributed by atoms with van der Waals surface area (Å²) in [5, 5.41) is 3.52. The van der Waals surface area contributed by atoms with Crippen LogP contribution in [0, 0.1) is 6.92 Å². The van der Waals surface area contributed by atoms with E-state index in [1.54, 1.807) is 0 Å². The summed E-state index contributed by atoms with van der Waals surface area (Å²) < 4.78 is 5.86. The molecule has 1 unspecified atom stereocenters. The Kier molecular flexibility index (Phi) is 7.04. The van der Waals surface area contributed by atoms with Gasteiger partial charge in [0.25, 0.3) is 0 Å². The van der Waals surface area contributed by atoms with Crippen LogP contribution >= 0.6 is 0 Å². The van der Waals surface area contributed by atoms with E-state index in [1.165, 1.54) is 37.9 Å². The summed E-state index contributed by atoms with van der Waals surface area (Å²) in [6.45, 7) is 9.87. The van der Waals surface area contributed by atoms with Crippen molar-refractivity contribution >= 4 is 0 Å². The van der Waals surface area contributed by atoms with E-state index in [1.807, 2.05) is 6.07 Å². The Morgan fingerprint density at radius 2 is 2.24 bits per heavy atom. The van der Waals surface area contributed by atoms with Gasteiger partial charge in [0.1, 0.15) is 5.75 Å². The minimum Gasteiger partial charge on any atom is -0.494 e. The first-order valence-corrected chi connectivity index (χ1v) is 8.44. The molecule has 1 fully saturated rings. The maximum absolute atomic E-state index is 5.86. The average molecular weight is 290 g/mol. The molecular weight excluding hydrogens is 260 g/mol. The Hall–Kier alpha value is -1.06. The molecule has 1 heterocycles. The zero-order chi connectivity index (χ0) is 14.9. The zero-order valence-electron chi connectivity index (χ0n) is 13.6. The summed E-state index contributed by atoms with van der Waals surface area (Å²) in [6, 6.07) is 9.03. The van der Waals surface area contributed by atoms with E-state index >= 15 is 0 Å². The van der Waals surface area contributed by atoms with Gasteiger partial charge in [-0.2, -0.15) is 0 Å². The molecule has 0 spiro atoms. The smallest absolute Gasteiger partial charge is 0.119 e. The standard InChI is InChI=1S/C18H30N2O/c1-3-11-20(17-8-5-10-19-15-17)12-6-13-21-18-9-4-7-16(2)14-18/h4,7,9,14,17,19H,3,5-6,8,10-13,15H2,1-2H3. The van der Waals surface area contributed by atoms with Crippen molar-refractivity contribution in [3.63, 3.8) is 0 Å². The quantitative estimate of drug-likeness (QED) is 0.744. The molecule has 1 atom stereocenters. The molecule has 1 aromatic rings. The second-order valence-corrected chi connectivity index (χ2v) is 6.05. The highest BCUT2D eigenvalue weighted by atomic mass is 16.5. The molecule has 1 aliphatic rings. The third kappa shape index (κ3) is 5.68. The minimum atomic E-state index is 0.720. The largest absolute Gasteiger partial charge is 0.494 e. The highest BCUT2D eigenvalue weighted by Crippen LogP contribution is 2.14. The van der Waals surface area contributed by atoms with Crippen molar-refractivity contribution in [1.82, 2.24) is 10.2 Å². The predicted molar refractivity (Wildman–Crippen MR) is 89.0 cm³/mol. The van der Waals surface area contributed by atoms with Gasteiger partial charge in [0.15, 0.2) is 0 Å². The summed E-state index contributed by atoms with van der Waals surface area (Å²) in [4.78, 5) is 2.64. The van der Waals surface area contributed by atoms with Crippen molar-refractivity contribution in [3.8, 4) is 5.75 Å². The summed E-state index contributed by atoms with van der Waals surface area (Å²) >= 11 is 0. The second-order valence-electron chi connectivity index (χ2n) is 6.05. The molecule has 0 bridgehead atoms. The molecule has 3 heteroatoms. The first kappa shape index (κ1) is 16.3. The van der Waals surface area contributed by atoms with Gasteiger partial charge in [-0.05, 0) is 63.4 Å². The molecule has 0 saturated carbocycles. The van der Waals surface area contributed by atoms with Crippen molar-refractivity contribution in [2.75, 3.05) is 32.8 Å². The van der Waals surface area contributed by atoms with Gasteiger partial charge in [-0.25, -0.2) is 0 Å². The van der Waals surface area contributed by atoms with Gasteiger partial charge < -0.3 is 10.1 Å². The summed E-state index contributed by atoms with van der Waals surface area (Å²) in [5.41, 5.74) is 1.26. The number of hydrogen-bond donors (Lipinski definition) is 1. The maximum atomic E-state index is 5.86. The fourth-order valence-electron chi connectivity index (χ4n) is 3.07. The number of hydrogen-bond acceptors (Lipinski definition) is 3. The van der Waals surface area contributed by atoms with Crippen LogP contribution in [0.2, 0.25) is 0 Å². The Bertz CT molecular complexity index is 402. The first-order chi connectivity index (χ1) is 10.3. The van der Waals surface area contributed by atoms with Gasteiger partial charge in [-0.1, -0.05) is 19.1 Å². The molecule has 118 valence electrons. The highest BCUT2D eigenvalue weighted by molar-refractivity contribution is 5.27. The molecule has 0 aliphatic carbocycles. The number of rotatable bonds is 8. The first-order valence-electron chi connectivity index (χ1n) is 8.44. The molecule has 3 nitrogen and oxygen atoms in total. The fourth-order valence-corrected chi connectivity index (χ4v) is 3.07. The molecule has 1 saturated heterocycles. The van der Waals surface area contributed by atoms with Crippen LogP contribution < -0.4 is 10.1 Å². The van der Waals surface area contributed by atoms with Gasteiger partial charge in [0, 0.05) is 19.1 Å². The van der Waals surface area contributed by atoms with Crippen LogP contribution in [0.1, 0.15) is 38.2 Å². The van der Waals surface area contributed by atoms with E-state index in [9.17, 15) is 0 Å². The molecule has 0 radical (unpaired) electrons. The van der Waals surface area contributed by atoms with Crippen molar-refractivity contribution < 1.29 is 4.74 Å². The molecule has 2 rings (SSSR count). The van der Waals surface area contributed by atoms with Crippen LogP contribution in [0.25, 0.3) is 0 Å². The van der Waals surface area contributed by atoms with Crippen LogP contribution in [0.3, 0.4) is 0 Å². The SMILES string of the molecule is CCCN(CCCOc1cccc(C)c1)C1CCCNC1. The Morgan fingerprint density at radius 1 is 1.33 bits per heavy atom. The maximum Gasteiger partial charge on any atom is 0.119 e. The zero-order valence-corrected chi connectivity index (χ0v) is 13.6. The molecule has 1 aliphatic heterocycles. The van der Waals surface area contributed by atoms with E-state index in [-0.39, 0.29) is 0 Å². The van der Waals surface area contributed by atoms with Crippen molar-refractivity contribution in [2.24, 2.45) is 0 Å². The number of aryl methyl sites for hydroxylation is 1. The number of ether oxygens (including phenoxy) is 1. The lowest BCUT2D eigenvalue weighted by molar-refractivity contribution is 0.153. The molecule has 1 N–H and O–H groups in total. The fraction of sp³-hybridized carbons (Fsp3) is 0.667. The number of benzene rings is 1. The van der Waals surface area contributed by atoms with Gasteiger partial charge in [0.2, 0.25) is 0 Å². The number of piperidine rings is 1. The van der Waals surface area contributed by atoms with E-state index in [2.05, 4.69) is 42.3 Å². The van der Waals surface area contributed by atoms with Crippen molar-refractivity contribution in [1.29, 1.82) is 0 Å². The summed E-state index contributed by atoms with van der Waals surface area (Å²) in [6.07, 6.45) is 4.98. The summed E-state index contributed by atoms with van der Waals surface area (Å²) in [5.74, 6) is 0.997. The van der Waals surface area contributed by atoms with Crippen LogP contribution in [-0.2, 0) is 0 Å². The van der Waals surface area contributed by atoms with Crippen molar-refractivity contribution in [2.45, 2.75) is 45.6 Å². The van der Waals surface area contributed by atoms with Gasteiger partial charge >= 0.3 is 0 Å². The topological polar surface area (TPSA) is 24.5 Å². The number of nitrogens with zero attached hydrogens (tertiary/aromatic N) is 1. The van der Waals surface area contributed by atoms with Crippen LogP contribution in [0.5, 0.6) is 5.75 Å². The molecule has 0 aromatic heterocycles. The number of nitrogens with one attached hydrogen (secondary N) is 1. The monoisotopic (exact) mass is 290 g/mol. The predicted octanol–water partition coefficient (Wildman–Crippen LogP) is 3.23. The Labute approximate surface area is 129 Å². The lowest BCUT2D eigenvalue weighted by Gasteiger charge is -2.34. The van der Waals surface area contributed by atoms with Crippen LogP contribution in [-0.4, -0.2) is 43.7 Å². The lowest BCUT2D eigenvalue weighted by atomic mass is 10.1. The van der Waals surface area contributed by atoms with E-state index in [4.69, 9.17) is 4.74 Å². The highest BCUT2D eigenvalue weighted by Gasteiger charge is 2.19. The Morgan fingerprint density at radius 3 is 2.95 bits per heavy atom. The molecular formula is C18H30N2O. The van der Waals surface area contributed by atoms with Gasteiger partial charge in [0.05, 0.1) is 6.61 Å². The van der Waals surface area contributed by atoms with E-state index in [0.29, 0.717) is 0 Å². The van der Waals surface area contributed by atoms with Gasteiger partial charge in [-0.3, -0.25) is 4.90 Å². The normalized spacial score (nSPS) is 18.9. The van der Waals surface area contributed by atoms with Crippen LogP contribution in [0.4, 0.5) is 0 Å². The lowest BCUT2D eigenvalue weighted by Crippen LogP contribution is -2.46. The molecule has 21 heavy (non-hydrogen) atoms. The van der Waals surface area contributed by atoms with E-state index in [0.717, 1.165) is 37.9 Å². The molecule has 0 amide bonds. The second kappa shape index (κ2) is 9.06. The third-order valence-electron chi connectivity index (χ3n) is 4.15. The molecule has 1 aromatic carbocycles. The summed E-state index contributed by atoms with van der Waals surface area (Å²) in [7, 11) is 0. The average Bonchev–Trinajstić information content (AvgIpc) is 2.51. The third-order valence-corrected chi connectivity index (χ3v) is 4.15. The Balaban J connectivity index is 1.71. The van der Waals surface area contributed by atoms with E-state index < -0.39 is 0 Å². The van der Waals surface area contributed by atoms with Crippen molar-refractivity contribution in [3.05, 3.63) is 29.8 Å². The van der Waals surface area contributed by atoms with Gasteiger partial charge in [-0.15, -0.1) is 0 Å².